The molecule has 150 valence electrons. The van der Waals surface area contributed by atoms with E-state index < -0.39 is 5.25 Å². The van der Waals surface area contributed by atoms with E-state index in [1.807, 2.05) is 19.1 Å². The fourth-order valence-electron chi connectivity index (χ4n) is 3.56. The highest BCUT2D eigenvalue weighted by Crippen LogP contribution is 2.31. The summed E-state index contributed by atoms with van der Waals surface area (Å²) in [5.41, 5.74) is 3.16. The number of amides is 1. The number of nitrogens with one attached hydrogen (secondary N) is 1. The zero-order valence-corrected chi connectivity index (χ0v) is 16.8. The van der Waals surface area contributed by atoms with Crippen LogP contribution in [0.5, 0.6) is 0 Å². The molecule has 0 radical (unpaired) electrons. The van der Waals surface area contributed by atoms with Crippen LogP contribution >= 0.6 is 11.8 Å². The fraction of sp³-hybridized carbons (Fsp3) is 0.286. The predicted molar refractivity (Wildman–Crippen MR) is 111 cm³/mol. The van der Waals surface area contributed by atoms with Gasteiger partial charge in [0, 0.05) is 5.56 Å². The van der Waals surface area contributed by atoms with Crippen molar-refractivity contribution in [2.75, 3.05) is 5.84 Å². The lowest BCUT2D eigenvalue weighted by Crippen LogP contribution is -2.36. The predicted octanol–water partition coefficient (Wildman–Crippen LogP) is 3.47. The van der Waals surface area contributed by atoms with Gasteiger partial charge in [0.15, 0.2) is 5.82 Å². The van der Waals surface area contributed by atoms with Gasteiger partial charge in [0.2, 0.25) is 11.1 Å². The van der Waals surface area contributed by atoms with Crippen LogP contribution < -0.4 is 11.2 Å². The summed E-state index contributed by atoms with van der Waals surface area (Å²) >= 11 is 1.25. The Bertz CT molecular complexity index is 1020. The molecule has 0 saturated heterocycles. The zero-order valence-electron chi connectivity index (χ0n) is 16.0. The minimum Gasteiger partial charge on any atom is -0.348 e. The highest BCUT2D eigenvalue weighted by Gasteiger charge is 2.25. The normalized spacial score (nSPS) is 16.8. The monoisotopic (exact) mass is 411 g/mol. The second kappa shape index (κ2) is 8.24. The summed E-state index contributed by atoms with van der Waals surface area (Å²) in [7, 11) is 0. The van der Waals surface area contributed by atoms with E-state index >= 15 is 0 Å². The van der Waals surface area contributed by atoms with Crippen molar-refractivity contribution in [3.8, 4) is 11.4 Å². The Morgan fingerprint density at radius 1 is 1.24 bits per heavy atom. The molecule has 1 aromatic heterocycles. The van der Waals surface area contributed by atoms with E-state index in [4.69, 9.17) is 5.84 Å². The average molecular weight is 412 g/mol. The molecular weight excluding hydrogens is 389 g/mol. The molecule has 0 fully saturated rings. The molecule has 3 N–H and O–H groups in total. The Kier molecular flexibility index (Phi) is 5.53. The van der Waals surface area contributed by atoms with Gasteiger partial charge in [-0.1, -0.05) is 36.0 Å². The van der Waals surface area contributed by atoms with E-state index in [-0.39, 0.29) is 17.8 Å². The molecule has 0 spiro atoms. The van der Waals surface area contributed by atoms with E-state index in [0.29, 0.717) is 16.5 Å². The van der Waals surface area contributed by atoms with Crippen LogP contribution in [0.25, 0.3) is 11.4 Å². The van der Waals surface area contributed by atoms with Crippen LogP contribution in [0.4, 0.5) is 4.39 Å². The van der Waals surface area contributed by atoms with Crippen molar-refractivity contribution in [3.63, 3.8) is 0 Å². The van der Waals surface area contributed by atoms with Gasteiger partial charge in [-0.3, -0.25) is 4.79 Å². The fourth-order valence-corrected chi connectivity index (χ4v) is 4.34. The number of halogens is 1. The smallest absolute Gasteiger partial charge is 0.233 e. The lowest BCUT2D eigenvalue weighted by molar-refractivity contribution is -0.121. The van der Waals surface area contributed by atoms with Crippen LogP contribution in [0.3, 0.4) is 0 Å². The maximum Gasteiger partial charge on any atom is 0.233 e. The molecule has 1 aliphatic rings. The van der Waals surface area contributed by atoms with Crippen molar-refractivity contribution in [2.24, 2.45) is 0 Å². The van der Waals surface area contributed by atoms with Gasteiger partial charge in [0.05, 0.1) is 11.3 Å². The van der Waals surface area contributed by atoms with Crippen molar-refractivity contribution < 1.29 is 9.18 Å². The van der Waals surface area contributed by atoms with Crippen molar-refractivity contribution in [3.05, 3.63) is 65.5 Å². The molecule has 8 heteroatoms. The van der Waals surface area contributed by atoms with E-state index in [2.05, 4.69) is 27.6 Å². The number of aromatic nitrogens is 3. The van der Waals surface area contributed by atoms with Crippen molar-refractivity contribution >= 4 is 17.7 Å². The minimum absolute atomic E-state index is 0.0287. The Balaban J connectivity index is 1.44. The molecule has 0 aliphatic heterocycles. The minimum atomic E-state index is -0.392. The average Bonchev–Trinajstić information content (AvgIpc) is 3.09. The molecule has 1 amide bonds. The third-order valence-corrected chi connectivity index (χ3v) is 6.16. The van der Waals surface area contributed by atoms with Crippen molar-refractivity contribution in [2.45, 2.75) is 42.6 Å². The number of carbonyl (C=O) groups is 1. The largest absolute Gasteiger partial charge is 0.348 e. The summed E-state index contributed by atoms with van der Waals surface area (Å²) in [4.78, 5) is 12.8. The second-order valence-electron chi connectivity index (χ2n) is 7.10. The number of nitrogens with zero attached hydrogens (tertiary/aromatic N) is 3. The van der Waals surface area contributed by atoms with Gasteiger partial charge in [0.25, 0.3) is 0 Å². The Morgan fingerprint density at radius 2 is 2.00 bits per heavy atom. The highest BCUT2D eigenvalue weighted by molar-refractivity contribution is 8.00. The number of aryl methyl sites for hydroxylation is 1. The van der Waals surface area contributed by atoms with Gasteiger partial charge < -0.3 is 11.2 Å². The summed E-state index contributed by atoms with van der Waals surface area (Å²) in [5.74, 6) is 6.13. The van der Waals surface area contributed by atoms with E-state index in [9.17, 15) is 9.18 Å². The standard InChI is InChI=1S/C21H22FN5OS/c1-13(20(28)24-18-8-4-6-14-5-2-3-7-17(14)18)29-21-26-25-19(27(21)23)15-9-11-16(22)12-10-15/h2-3,5,7,9-13,18H,4,6,8,23H2,1H3,(H,24,28)/t13-,18-/m1/s1. The molecule has 0 bridgehead atoms. The molecule has 0 unspecified atom stereocenters. The molecule has 6 nitrogen and oxygen atoms in total. The number of hydrogen-bond donors (Lipinski definition) is 2. The first-order valence-electron chi connectivity index (χ1n) is 9.54. The molecular formula is C21H22FN5OS. The molecule has 4 rings (SSSR count). The van der Waals surface area contributed by atoms with Crippen molar-refractivity contribution in [1.82, 2.24) is 20.2 Å². The summed E-state index contributed by atoms with van der Waals surface area (Å²) < 4.78 is 14.5. The SMILES string of the molecule is C[C@@H](Sc1nnc(-c2ccc(F)cc2)n1N)C(=O)N[C@@H]1CCCc2ccccc21. The maximum absolute atomic E-state index is 13.1. The van der Waals surface area contributed by atoms with Gasteiger partial charge >= 0.3 is 0 Å². The number of nitrogen functional groups attached to an aromatic ring is 1. The maximum atomic E-state index is 13.1. The van der Waals surface area contributed by atoms with Gasteiger partial charge in [0.1, 0.15) is 5.82 Å². The molecule has 0 saturated carbocycles. The van der Waals surface area contributed by atoms with Crippen LogP contribution in [0.2, 0.25) is 0 Å². The third kappa shape index (κ3) is 4.12. The van der Waals surface area contributed by atoms with Crippen LogP contribution in [-0.4, -0.2) is 26.0 Å². The number of fused-ring (bicyclic) bond motifs is 1. The quantitative estimate of drug-likeness (QED) is 0.496. The lowest BCUT2D eigenvalue weighted by Gasteiger charge is -2.27. The van der Waals surface area contributed by atoms with Crippen LogP contribution in [-0.2, 0) is 11.2 Å². The molecule has 1 heterocycles. The Hall–Kier alpha value is -2.87. The van der Waals surface area contributed by atoms with Gasteiger partial charge in [-0.05, 0) is 61.6 Å². The van der Waals surface area contributed by atoms with Crippen LogP contribution in [0, 0.1) is 5.82 Å². The number of rotatable bonds is 5. The van der Waals surface area contributed by atoms with E-state index in [1.54, 1.807) is 12.1 Å². The first-order chi connectivity index (χ1) is 14.0. The number of benzene rings is 2. The number of hydrogen-bond acceptors (Lipinski definition) is 5. The Morgan fingerprint density at radius 3 is 2.79 bits per heavy atom. The van der Waals surface area contributed by atoms with Crippen molar-refractivity contribution in [1.29, 1.82) is 0 Å². The topological polar surface area (TPSA) is 85.8 Å². The zero-order chi connectivity index (χ0) is 20.4. The second-order valence-corrected chi connectivity index (χ2v) is 8.40. The number of thioether (sulfide) groups is 1. The first kappa shape index (κ1) is 19.4. The summed E-state index contributed by atoms with van der Waals surface area (Å²) in [5, 5.41) is 11.4. The lowest BCUT2D eigenvalue weighted by atomic mass is 9.88. The molecule has 3 aromatic rings. The van der Waals surface area contributed by atoms with Gasteiger partial charge in [-0.25, -0.2) is 9.07 Å². The van der Waals surface area contributed by atoms with Crippen LogP contribution in [0.1, 0.15) is 36.9 Å². The third-order valence-electron chi connectivity index (χ3n) is 5.10. The highest BCUT2D eigenvalue weighted by atomic mass is 32.2. The van der Waals surface area contributed by atoms with E-state index in [1.165, 1.54) is 39.7 Å². The van der Waals surface area contributed by atoms with Gasteiger partial charge in [-0.15, -0.1) is 10.2 Å². The molecule has 1 aliphatic carbocycles. The number of carbonyl (C=O) groups excluding carboxylic acids is 1. The summed E-state index contributed by atoms with van der Waals surface area (Å²) in [6.07, 6.45) is 3.04. The molecule has 2 atom stereocenters. The Labute approximate surface area is 172 Å². The molecule has 29 heavy (non-hydrogen) atoms. The number of nitrogens with two attached hydrogens (primary N) is 1. The van der Waals surface area contributed by atoms with Gasteiger partial charge in [-0.2, -0.15) is 0 Å². The molecule has 2 aromatic carbocycles. The summed E-state index contributed by atoms with van der Waals surface area (Å²) in [6, 6.07) is 14.2. The first-order valence-corrected chi connectivity index (χ1v) is 10.4. The van der Waals surface area contributed by atoms with Crippen LogP contribution in [0.15, 0.2) is 53.7 Å². The summed E-state index contributed by atoms with van der Waals surface area (Å²) in [6.45, 7) is 1.82. The van der Waals surface area contributed by atoms with E-state index in [0.717, 1.165) is 19.3 Å².